The van der Waals surface area contributed by atoms with Gasteiger partial charge in [-0.2, -0.15) is 0 Å². The number of carbonyl (C=O) groups excluding carboxylic acids is 3. The fourth-order valence-corrected chi connectivity index (χ4v) is 3.77. The molecule has 1 aliphatic rings. The van der Waals surface area contributed by atoms with E-state index in [9.17, 15) is 14.4 Å². The Morgan fingerprint density at radius 2 is 1.54 bits per heavy atom. The van der Waals surface area contributed by atoms with Crippen molar-refractivity contribution in [2.24, 2.45) is 0 Å². The number of halogens is 1. The summed E-state index contributed by atoms with van der Waals surface area (Å²) in [4.78, 5) is 38.9. The third kappa shape index (κ3) is 4.02. The van der Waals surface area contributed by atoms with Crippen LogP contribution in [0.2, 0.25) is 5.02 Å². The highest BCUT2D eigenvalue weighted by atomic mass is 35.5. The van der Waals surface area contributed by atoms with E-state index in [1.54, 1.807) is 29.2 Å². The molecule has 0 unspecified atom stereocenters. The second-order valence-corrected chi connectivity index (χ2v) is 7.25. The molecule has 1 heterocycles. The molecular formula is C21H22ClN3O3. The van der Waals surface area contributed by atoms with Gasteiger partial charge in [-0.05, 0) is 30.5 Å². The van der Waals surface area contributed by atoms with Crippen molar-refractivity contribution in [2.45, 2.75) is 25.2 Å². The maximum atomic E-state index is 13.2. The molecule has 3 amide bonds. The number of benzene rings is 2. The largest absolute Gasteiger partial charge is 0.343 e. The lowest BCUT2D eigenvalue weighted by molar-refractivity contribution is -0.135. The number of nitrogens with zero attached hydrogens (tertiary/aromatic N) is 1. The zero-order valence-corrected chi connectivity index (χ0v) is 16.3. The van der Waals surface area contributed by atoms with Crippen LogP contribution in [0.3, 0.4) is 0 Å². The molecule has 1 aliphatic heterocycles. The lowest BCUT2D eigenvalue weighted by atomic mass is 9.72. The first kappa shape index (κ1) is 19.9. The van der Waals surface area contributed by atoms with E-state index in [-0.39, 0.29) is 17.4 Å². The van der Waals surface area contributed by atoms with E-state index in [1.165, 1.54) is 6.92 Å². The van der Waals surface area contributed by atoms with Crippen LogP contribution in [0.15, 0.2) is 54.6 Å². The highest BCUT2D eigenvalue weighted by molar-refractivity contribution is 6.33. The molecule has 0 saturated carbocycles. The van der Waals surface area contributed by atoms with Gasteiger partial charge in [0.1, 0.15) is 0 Å². The van der Waals surface area contributed by atoms with E-state index in [0.717, 1.165) is 5.56 Å². The number of hydrogen-bond acceptors (Lipinski definition) is 3. The molecule has 0 bridgehead atoms. The van der Waals surface area contributed by atoms with Gasteiger partial charge in [0.05, 0.1) is 16.0 Å². The van der Waals surface area contributed by atoms with Crippen LogP contribution in [0.25, 0.3) is 0 Å². The maximum Gasteiger partial charge on any atom is 0.271 e. The second-order valence-electron chi connectivity index (χ2n) is 6.84. The fourth-order valence-electron chi connectivity index (χ4n) is 3.55. The van der Waals surface area contributed by atoms with Crippen molar-refractivity contribution in [3.63, 3.8) is 0 Å². The number of hydrogen-bond donors (Lipinski definition) is 2. The van der Waals surface area contributed by atoms with E-state index in [1.807, 2.05) is 30.3 Å². The molecule has 0 atom stereocenters. The normalized spacial score (nSPS) is 15.6. The molecule has 0 spiro atoms. The number of hydrazine groups is 1. The molecule has 3 rings (SSSR count). The van der Waals surface area contributed by atoms with Crippen LogP contribution in [0.4, 0.5) is 0 Å². The molecule has 1 fully saturated rings. The van der Waals surface area contributed by atoms with Crippen LogP contribution in [-0.4, -0.2) is 35.7 Å². The Labute approximate surface area is 168 Å². The van der Waals surface area contributed by atoms with Crippen LogP contribution < -0.4 is 10.9 Å². The SMILES string of the molecule is CC(=O)N1CCC(C(=O)NNC(=O)c2ccccc2Cl)(c2ccccc2)CC1. The Kier molecular flexibility index (Phi) is 5.99. The summed E-state index contributed by atoms with van der Waals surface area (Å²) in [7, 11) is 0. The summed E-state index contributed by atoms with van der Waals surface area (Å²) in [6.07, 6.45) is 0.953. The van der Waals surface area contributed by atoms with Crippen molar-refractivity contribution < 1.29 is 14.4 Å². The van der Waals surface area contributed by atoms with Crippen LogP contribution in [0.5, 0.6) is 0 Å². The van der Waals surface area contributed by atoms with Crippen LogP contribution in [0, 0.1) is 0 Å². The average Bonchev–Trinajstić information content (AvgIpc) is 2.72. The van der Waals surface area contributed by atoms with Crippen molar-refractivity contribution >= 4 is 29.3 Å². The minimum Gasteiger partial charge on any atom is -0.343 e. The van der Waals surface area contributed by atoms with E-state index in [4.69, 9.17) is 11.6 Å². The highest BCUT2D eigenvalue weighted by Crippen LogP contribution is 2.35. The summed E-state index contributed by atoms with van der Waals surface area (Å²) in [5.74, 6) is -0.792. The van der Waals surface area contributed by atoms with Gasteiger partial charge in [-0.3, -0.25) is 25.2 Å². The van der Waals surface area contributed by atoms with E-state index < -0.39 is 11.3 Å². The van der Waals surface area contributed by atoms with Gasteiger partial charge in [0, 0.05) is 20.0 Å². The predicted octanol–water partition coefficient (Wildman–Crippen LogP) is 2.68. The fraction of sp³-hybridized carbons (Fsp3) is 0.286. The topological polar surface area (TPSA) is 78.5 Å². The average molecular weight is 400 g/mol. The van der Waals surface area contributed by atoms with Crippen LogP contribution in [0.1, 0.15) is 35.7 Å². The number of rotatable bonds is 3. The van der Waals surface area contributed by atoms with Crippen molar-refractivity contribution in [2.75, 3.05) is 13.1 Å². The lowest BCUT2D eigenvalue weighted by Gasteiger charge is -2.40. The number of piperidine rings is 1. The number of carbonyl (C=O) groups is 3. The molecule has 1 saturated heterocycles. The molecule has 0 aliphatic carbocycles. The third-order valence-corrected chi connectivity index (χ3v) is 5.56. The first-order valence-corrected chi connectivity index (χ1v) is 9.48. The minimum absolute atomic E-state index is 0.00547. The summed E-state index contributed by atoms with van der Waals surface area (Å²) in [6.45, 7) is 2.49. The van der Waals surface area contributed by atoms with Crippen molar-refractivity contribution in [3.05, 3.63) is 70.7 Å². The molecule has 0 aromatic heterocycles. The summed E-state index contributed by atoms with van der Waals surface area (Å²) < 4.78 is 0. The van der Waals surface area contributed by atoms with E-state index in [2.05, 4.69) is 10.9 Å². The Bertz CT molecular complexity index is 877. The van der Waals surface area contributed by atoms with Crippen molar-refractivity contribution in [1.82, 2.24) is 15.8 Å². The molecule has 146 valence electrons. The van der Waals surface area contributed by atoms with Crippen LogP contribution >= 0.6 is 11.6 Å². The smallest absolute Gasteiger partial charge is 0.271 e. The van der Waals surface area contributed by atoms with Gasteiger partial charge in [-0.1, -0.05) is 54.1 Å². The molecular weight excluding hydrogens is 378 g/mol. The quantitative estimate of drug-likeness (QED) is 0.779. The second kappa shape index (κ2) is 8.44. The monoisotopic (exact) mass is 399 g/mol. The van der Waals surface area contributed by atoms with Gasteiger partial charge in [0.2, 0.25) is 11.8 Å². The van der Waals surface area contributed by atoms with Crippen molar-refractivity contribution in [3.8, 4) is 0 Å². The highest BCUT2D eigenvalue weighted by Gasteiger charge is 2.43. The van der Waals surface area contributed by atoms with Crippen LogP contribution in [-0.2, 0) is 15.0 Å². The number of amides is 3. The van der Waals surface area contributed by atoms with Gasteiger partial charge in [0.25, 0.3) is 5.91 Å². The third-order valence-electron chi connectivity index (χ3n) is 5.23. The molecule has 28 heavy (non-hydrogen) atoms. The molecule has 6 nitrogen and oxygen atoms in total. The predicted molar refractivity (Wildman–Crippen MR) is 107 cm³/mol. The molecule has 2 aromatic carbocycles. The zero-order valence-electron chi connectivity index (χ0n) is 15.6. The molecule has 0 radical (unpaired) electrons. The molecule has 2 N–H and O–H groups in total. The summed E-state index contributed by atoms with van der Waals surface area (Å²) in [5.41, 5.74) is 5.35. The minimum atomic E-state index is -0.818. The van der Waals surface area contributed by atoms with Gasteiger partial charge in [0.15, 0.2) is 0 Å². The summed E-state index contributed by atoms with van der Waals surface area (Å²) >= 11 is 6.04. The Balaban J connectivity index is 1.77. The molecule has 2 aromatic rings. The first-order valence-electron chi connectivity index (χ1n) is 9.10. The lowest BCUT2D eigenvalue weighted by Crippen LogP contribution is -2.56. The van der Waals surface area contributed by atoms with Gasteiger partial charge in [-0.25, -0.2) is 0 Å². The zero-order chi connectivity index (χ0) is 20.1. The van der Waals surface area contributed by atoms with Gasteiger partial charge in [-0.15, -0.1) is 0 Å². The summed E-state index contributed by atoms with van der Waals surface area (Å²) in [6, 6.07) is 16.1. The van der Waals surface area contributed by atoms with Gasteiger partial charge < -0.3 is 4.90 Å². The number of nitrogens with one attached hydrogen (secondary N) is 2. The number of likely N-dealkylation sites (tertiary alicyclic amines) is 1. The Hall–Kier alpha value is -2.86. The summed E-state index contributed by atoms with van der Waals surface area (Å²) in [5, 5.41) is 0.307. The van der Waals surface area contributed by atoms with E-state index >= 15 is 0 Å². The van der Waals surface area contributed by atoms with Gasteiger partial charge >= 0.3 is 0 Å². The van der Waals surface area contributed by atoms with Crippen molar-refractivity contribution in [1.29, 1.82) is 0 Å². The standard InChI is InChI=1S/C21H22ClN3O3/c1-15(26)25-13-11-21(12-14-25,16-7-3-2-4-8-16)20(28)24-23-19(27)17-9-5-6-10-18(17)22/h2-10H,11-14H2,1H3,(H,23,27)(H,24,28). The molecule has 7 heteroatoms. The Morgan fingerprint density at radius 1 is 0.929 bits per heavy atom. The maximum absolute atomic E-state index is 13.2. The Morgan fingerprint density at radius 3 is 2.14 bits per heavy atom. The van der Waals surface area contributed by atoms with E-state index in [0.29, 0.717) is 31.0 Å². The first-order chi connectivity index (χ1) is 13.4.